The molecule has 0 atom stereocenters. The number of hydrogen-bond donors (Lipinski definition) is 2. The van der Waals surface area contributed by atoms with Crippen molar-refractivity contribution in [3.05, 3.63) is 65.7 Å². The minimum atomic E-state index is -0.628. The zero-order chi connectivity index (χ0) is 18.9. The molecular formula is C19H21N3O4. The zero-order valence-electron chi connectivity index (χ0n) is 14.5. The highest BCUT2D eigenvalue weighted by atomic mass is 16.5. The average molecular weight is 355 g/mol. The van der Waals surface area contributed by atoms with Gasteiger partial charge in [-0.15, -0.1) is 0 Å². The Kier molecular flexibility index (Phi) is 6.87. The summed E-state index contributed by atoms with van der Waals surface area (Å²) < 4.78 is 4.70. The molecule has 0 heterocycles. The molecule has 0 fully saturated rings. The van der Waals surface area contributed by atoms with Crippen molar-refractivity contribution in [3.8, 4) is 0 Å². The van der Waals surface area contributed by atoms with Crippen molar-refractivity contribution in [2.45, 2.75) is 6.54 Å². The van der Waals surface area contributed by atoms with Crippen LogP contribution in [0.4, 0.5) is 5.69 Å². The van der Waals surface area contributed by atoms with Crippen molar-refractivity contribution in [2.75, 3.05) is 25.5 Å². The number of anilines is 1. The molecule has 0 saturated heterocycles. The third kappa shape index (κ3) is 5.71. The third-order valence-corrected chi connectivity index (χ3v) is 3.66. The summed E-state index contributed by atoms with van der Waals surface area (Å²) in [5.74, 6) is -1.43. The summed E-state index contributed by atoms with van der Waals surface area (Å²) in [7, 11) is 1.30. The minimum Gasteiger partial charge on any atom is -0.468 e. The fraction of sp³-hybridized carbons (Fsp3) is 0.211. The molecule has 2 rings (SSSR count). The van der Waals surface area contributed by atoms with Crippen molar-refractivity contribution in [1.29, 1.82) is 0 Å². The van der Waals surface area contributed by atoms with E-state index >= 15 is 0 Å². The lowest BCUT2D eigenvalue weighted by Gasteiger charge is -2.21. The van der Waals surface area contributed by atoms with E-state index in [1.54, 1.807) is 23.1 Å². The van der Waals surface area contributed by atoms with E-state index < -0.39 is 11.9 Å². The molecule has 3 N–H and O–H groups in total. The second-order valence-corrected chi connectivity index (χ2v) is 5.66. The maximum absolute atomic E-state index is 12.4. The van der Waals surface area contributed by atoms with Crippen molar-refractivity contribution in [2.24, 2.45) is 5.73 Å². The summed E-state index contributed by atoms with van der Waals surface area (Å²) in [6.07, 6.45) is 0. The van der Waals surface area contributed by atoms with Crippen LogP contribution in [0.2, 0.25) is 0 Å². The number of methoxy groups -OCH3 is 1. The predicted octanol–water partition coefficient (Wildman–Crippen LogP) is 1.40. The lowest BCUT2D eigenvalue weighted by molar-refractivity contribution is -0.142. The highest BCUT2D eigenvalue weighted by Crippen LogP contribution is 2.14. The van der Waals surface area contributed by atoms with Gasteiger partial charge in [0.05, 0.1) is 31.5 Å². The molecule has 0 aliphatic rings. The predicted molar refractivity (Wildman–Crippen MR) is 97.3 cm³/mol. The Morgan fingerprint density at radius 1 is 1.00 bits per heavy atom. The van der Waals surface area contributed by atoms with Gasteiger partial charge < -0.3 is 15.8 Å². The normalized spacial score (nSPS) is 10.4. The van der Waals surface area contributed by atoms with Crippen LogP contribution < -0.4 is 11.1 Å². The van der Waals surface area contributed by atoms with Crippen LogP contribution in [-0.4, -0.2) is 42.9 Å². The number of nitrogens with two attached hydrogens (primary N) is 1. The second kappa shape index (κ2) is 9.33. The summed E-state index contributed by atoms with van der Waals surface area (Å²) in [6.45, 7) is 0.328. The van der Waals surface area contributed by atoms with Gasteiger partial charge >= 0.3 is 5.97 Å². The highest BCUT2D eigenvalue weighted by molar-refractivity contribution is 6.03. The first kappa shape index (κ1) is 19.1. The maximum atomic E-state index is 12.4. The molecule has 26 heavy (non-hydrogen) atoms. The van der Waals surface area contributed by atoms with Crippen LogP contribution in [0.15, 0.2) is 54.6 Å². The number of para-hydroxylation sites is 1. The third-order valence-electron chi connectivity index (χ3n) is 3.66. The van der Waals surface area contributed by atoms with E-state index in [2.05, 4.69) is 5.32 Å². The van der Waals surface area contributed by atoms with Crippen molar-refractivity contribution < 1.29 is 19.1 Å². The maximum Gasteiger partial charge on any atom is 0.319 e. The largest absolute Gasteiger partial charge is 0.468 e. The number of amides is 2. The Morgan fingerprint density at radius 3 is 2.31 bits per heavy atom. The first-order chi connectivity index (χ1) is 12.5. The lowest BCUT2D eigenvalue weighted by Crippen LogP contribution is -2.37. The first-order valence-electron chi connectivity index (χ1n) is 8.01. The summed E-state index contributed by atoms with van der Waals surface area (Å²) >= 11 is 0. The Morgan fingerprint density at radius 2 is 1.65 bits per heavy atom. The molecule has 2 aromatic rings. The highest BCUT2D eigenvalue weighted by Gasteiger charge is 2.17. The van der Waals surface area contributed by atoms with Crippen LogP contribution in [0.5, 0.6) is 0 Å². The Labute approximate surface area is 151 Å². The van der Waals surface area contributed by atoms with Crippen molar-refractivity contribution in [1.82, 2.24) is 4.90 Å². The fourth-order valence-electron chi connectivity index (χ4n) is 2.46. The average Bonchev–Trinajstić information content (AvgIpc) is 2.62. The van der Waals surface area contributed by atoms with E-state index in [0.717, 1.165) is 5.56 Å². The van der Waals surface area contributed by atoms with Crippen LogP contribution in [0, 0.1) is 0 Å². The molecule has 7 nitrogen and oxygen atoms in total. The molecule has 0 aliphatic carbocycles. The molecule has 0 saturated carbocycles. The van der Waals surface area contributed by atoms with Crippen LogP contribution in [0.1, 0.15) is 15.9 Å². The molecule has 0 spiro atoms. The van der Waals surface area contributed by atoms with Crippen molar-refractivity contribution >= 4 is 23.5 Å². The number of carbonyl (C=O) groups is 3. The second-order valence-electron chi connectivity index (χ2n) is 5.66. The number of rotatable bonds is 8. The number of hydrogen-bond acceptors (Lipinski definition) is 5. The number of benzene rings is 2. The monoisotopic (exact) mass is 355 g/mol. The summed E-state index contributed by atoms with van der Waals surface area (Å²) in [6, 6.07) is 16.0. The van der Waals surface area contributed by atoms with Gasteiger partial charge in [-0.25, -0.2) is 0 Å². The molecule has 0 bridgehead atoms. The molecule has 0 unspecified atom stereocenters. The lowest BCUT2D eigenvalue weighted by atomic mass is 10.1. The van der Waals surface area contributed by atoms with E-state index in [0.29, 0.717) is 12.2 Å². The Bertz CT molecular complexity index is 777. The number of ether oxygens (including phenoxy) is 1. The molecule has 0 aliphatic heterocycles. The van der Waals surface area contributed by atoms with Gasteiger partial charge in [0.15, 0.2) is 0 Å². The topological polar surface area (TPSA) is 102 Å². The zero-order valence-corrected chi connectivity index (χ0v) is 14.5. The molecule has 0 radical (unpaired) electrons. The van der Waals surface area contributed by atoms with Gasteiger partial charge in [-0.2, -0.15) is 0 Å². The van der Waals surface area contributed by atoms with Gasteiger partial charge in [0.1, 0.15) is 0 Å². The van der Waals surface area contributed by atoms with Gasteiger partial charge in [-0.05, 0) is 17.7 Å². The minimum absolute atomic E-state index is 0.0315. The van der Waals surface area contributed by atoms with Crippen LogP contribution in [-0.2, 0) is 20.9 Å². The summed E-state index contributed by atoms with van der Waals surface area (Å²) in [4.78, 5) is 37.1. The van der Waals surface area contributed by atoms with E-state index in [-0.39, 0.29) is 24.6 Å². The summed E-state index contributed by atoms with van der Waals surface area (Å²) in [5, 5.41) is 2.67. The van der Waals surface area contributed by atoms with Gasteiger partial charge in [0.2, 0.25) is 5.91 Å². The smallest absolute Gasteiger partial charge is 0.319 e. The van der Waals surface area contributed by atoms with Gasteiger partial charge in [-0.3, -0.25) is 19.3 Å². The van der Waals surface area contributed by atoms with Gasteiger partial charge in [-0.1, -0.05) is 42.5 Å². The molecule has 2 aromatic carbocycles. The first-order valence-corrected chi connectivity index (χ1v) is 8.01. The molecule has 136 valence electrons. The SMILES string of the molecule is COC(=O)CN(CC(=O)Nc1ccccc1C(N)=O)Cc1ccccc1. The van der Waals surface area contributed by atoms with Gasteiger partial charge in [0.25, 0.3) is 5.91 Å². The van der Waals surface area contributed by atoms with E-state index in [4.69, 9.17) is 10.5 Å². The fourth-order valence-corrected chi connectivity index (χ4v) is 2.46. The van der Waals surface area contributed by atoms with Crippen molar-refractivity contribution in [3.63, 3.8) is 0 Å². The molecule has 0 aromatic heterocycles. The molecule has 2 amide bonds. The standard InChI is InChI=1S/C19H21N3O4/c1-26-18(24)13-22(11-14-7-3-2-4-8-14)12-17(23)21-16-10-6-5-9-15(16)19(20)25/h2-10H,11-13H2,1H3,(H2,20,25)(H,21,23). The number of nitrogens with one attached hydrogen (secondary N) is 1. The Balaban J connectivity index is 2.08. The number of nitrogens with zero attached hydrogens (tertiary/aromatic N) is 1. The summed E-state index contributed by atoms with van der Waals surface area (Å²) in [5.41, 5.74) is 6.84. The van der Waals surface area contributed by atoms with E-state index in [9.17, 15) is 14.4 Å². The van der Waals surface area contributed by atoms with E-state index in [1.165, 1.54) is 13.2 Å². The van der Waals surface area contributed by atoms with Crippen LogP contribution in [0.25, 0.3) is 0 Å². The number of esters is 1. The van der Waals surface area contributed by atoms with Crippen LogP contribution in [0.3, 0.4) is 0 Å². The number of primary amides is 1. The van der Waals surface area contributed by atoms with E-state index in [1.807, 2.05) is 30.3 Å². The van der Waals surface area contributed by atoms with Crippen LogP contribution >= 0.6 is 0 Å². The quantitative estimate of drug-likeness (QED) is 0.697. The van der Waals surface area contributed by atoms with Gasteiger partial charge in [0, 0.05) is 6.54 Å². The Hall–Kier alpha value is -3.19. The number of carbonyl (C=O) groups excluding carboxylic acids is 3. The molecular weight excluding hydrogens is 334 g/mol. The molecule has 7 heteroatoms.